The molecule has 4 atom stereocenters. The first-order chi connectivity index (χ1) is 13.3. The molecule has 3 aliphatic rings. The highest BCUT2D eigenvalue weighted by Crippen LogP contribution is 2.49. The number of hydrogen-bond acceptors (Lipinski definition) is 4. The van der Waals surface area contributed by atoms with Crippen molar-refractivity contribution in [3.8, 4) is 0 Å². The molecule has 0 aromatic carbocycles. The van der Waals surface area contributed by atoms with Gasteiger partial charge in [0.15, 0.2) is 0 Å². The highest BCUT2D eigenvalue weighted by molar-refractivity contribution is 7.89. The van der Waals surface area contributed by atoms with Gasteiger partial charge in [0.25, 0.3) is 0 Å². The van der Waals surface area contributed by atoms with Gasteiger partial charge in [0.05, 0.1) is 11.9 Å². The first-order valence-corrected chi connectivity index (χ1v) is 12.0. The number of aryl methyl sites for hydroxylation is 1. The van der Waals surface area contributed by atoms with E-state index >= 15 is 0 Å². The van der Waals surface area contributed by atoms with Crippen molar-refractivity contribution < 1.29 is 13.2 Å². The lowest BCUT2D eigenvalue weighted by atomic mass is 9.83. The summed E-state index contributed by atoms with van der Waals surface area (Å²) in [5, 5.41) is 7.31. The second-order valence-corrected chi connectivity index (χ2v) is 10.9. The second-order valence-electron chi connectivity index (χ2n) is 9.03. The number of nitrogens with one attached hydrogen (secondary N) is 1. The van der Waals surface area contributed by atoms with Crippen LogP contribution in [-0.2, 0) is 21.9 Å². The molecule has 4 rings (SSSR count). The Morgan fingerprint density at radius 2 is 1.93 bits per heavy atom. The Hall–Kier alpha value is -1.41. The van der Waals surface area contributed by atoms with E-state index in [2.05, 4.69) is 17.3 Å². The van der Waals surface area contributed by atoms with Gasteiger partial charge >= 0.3 is 0 Å². The Labute approximate surface area is 167 Å². The maximum absolute atomic E-state index is 12.9. The van der Waals surface area contributed by atoms with Gasteiger partial charge in [0.1, 0.15) is 4.90 Å². The molecule has 1 saturated heterocycles. The van der Waals surface area contributed by atoms with E-state index in [0.29, 0.717) is 37.5 Å². The largest absolute Gasteiger partial charge is 0.353 e. The predicted octanol–water partition coefficient (Wildman–Crippen LogP) is 2.07. The molecule has 2 bridgehead atoms. The minimum absolute atomic E-state index is 0.0949. The van der Waals surface area contributed by atoms with E-state index in [0.717, 1.165) is 11.8 Å². The lowest BCUT2D eigenvalue weighted by Crippen LogP contribution is -2.47. The minimum Gasteiger partial charge on any atom is -0.353 e. The molecule has 2 heterocycles. The zero-order chi connectivity index (χ0) is 20.1. The van der Waals surface area contributed by atoms with Gasteiger partial charge in [0.2, 0.25) is 15.9 Å². The predicted molar refractivity (Wildman–Crippen MR) is 106 cm³/mol. The molecule has 8 heteroatoms. The Morgan fingerprint density at radius 3 is 2.46 bits per heavy atom. The smallest absolute Gasteiger partial charge is 0.246 e. The summed E-state index contributed by atoms with van der Waals surface area (Å²) in [5.74, 6) is 2.29. The molecule has 0 spiro atoms. The first kappa shape index (κ1) is 19.9. The Bertz CT molecular complexity index is 842. The molecule has 2 aliphatic carbocycles. The van der Waals surface area contributed by atoms with Crippen LogP contribution in [0.15, 0.2) is 11.1 Å². The van der Waals surface area contributed by atoms with Crippen LogP contribution in [0.1, 0.15) is 51.1 Å². The number of hydrogen-bond donors (Lipinski definition) is 1. The summed E-state index contributed by atoms with van der Waals surface area (Å²) in [6, 6.07) is 0.225. The zero-order valence-corrected chi connectivity index (χ0v) is 17.9. The fourth-order valence-corrected chi connectivity index (χ4v) is 7.24. The standard InChI is InChI=1S/C20H32N4O3S/c1-13(18-11-15-4-5-17(18)10-15)22-20(25)16-6-8-24(9-7-16)28(26,27)19-12-21-23(3)14(19)2/h12-13,15-18H,4-11H2,1-3H3,(H,22,25)/t13-,15-,17-,18-/m0/s1. The number of aromatic nitrogens is 2. The van der Waals surface area contributed by atoms with Gasteiger partial charge in [-0.25, -0.2) is 8.42 Å². The third-order valence-corrected chi connectivity index (χ3v) is 9.44. The SMILES string of the molecule is Cc1c(S(=O)(=O)N2CCC(C(=O)N[C@@H](C)[C@@H]3C[C@H]4CC[C@H]3C4)CC2)cnn1C. The lowest BCUT2D eigenvalue weighted by Gasteiger charge is -2.33. The van der Waals surface area contributed by atoms with Crippen LogP contribution >= 0.6 is 0 Å². The number of nitrogens with zero attached hydrogens (tertiary/aromatic N) is 3. The molecule has 7 nitrogen and oxygen atoms in total. The van der Waals surface area contributed by atoms with Crippen LogP contribution in [0.5, 0.6) is 0 Å². The third-order valence-electron chi connectivity index (χ3n) is 7.44. The van der Waals surface area contributed by atoms with Crippen molar-refractivity contribution >= 4 is 15.9 Å². The zero-order valence-electron chi connectivity index (χ0n) is 17.1. The number of fused-ring (bicyclic) bond motifs is 2. The topological polar surface area (TPSA) is 84.3 Å². The molecular weight excluding hydrogens is 376 g/mol. The number of carbonyl (C=O) groups is 1. The van der Waals surface area contributed by atoms with Gasteiger partial charge in [-0.15, -0.1) is 0 Å². The molecule has 1 aliphatic heterocycles. The molecule has 28 heavy (non-hydrogen) atoms. The summed E-state index contributed by atoms with van der Waals surface area (Å²) in [6.45, 7) is 4.68. The molecule has 0 radical (unpaired) electrons. The van der Waals surface area contributed by atoms with Crippen LogP contribution in [0, 0.1) is 30.6 Å². The Balaban J connectivity index is 1.32. The van der Waals surface area contributed by atoms with Crippen LogP contribution in [0.3, 0.4) is 0 Å². The van der Waals surface area contributed by atoms with E-state index in [1.807, 2.05) is 0 Å². The lowest BCUT2D eigenvalue weighted by molar-refractivity contribution is -0.127. The highest BCUT2D eigenvalue weighted by atomic mass is 32.2. The molecule has 1 amide bonds. The molecule has 0 unspecified atom stereocenters. The fourth-order valence-electron chi connectivity index (χ4n) is 5.58. The Kier molecular flexibility index (Phi) is 5.29. The van der Waals surface area contributed by atoms with E-state index in [1.165, 1.54) is 36.2 Å². The molecular formula is C20H32N4O3S. The average Bonchev–Trinajstić information content (AvgIpc) is 3.39. The van der Waals surface area contributed by atoms with E-state index in [9.17, 15) is 13.2 Å². The van der Waals surface area contributed by atoms with Crippen LogP contribution in [0.25, 0.3) is 0 Å². The van der Waals surface area contributed by atoms with Gasteiger partial charge in [-0.05, 0) is 63.7 Å². The van der Waals surface area contributed by atoms with Crippen molar-refractivity contribution in [2.75, 3.05) is 13.1 Å². The second kappa shape index (κ2) is 7.44. The van der Waals surface area contributed by atoms with Gasteiger partial charge in [-0.3, -0.25) is 9.48 Å². The third kappa shape index (κ3) is 3.49. The van der Waals surface area contributed by atoms with Crippen molar-refractivity contribution in [1.82, 2.24) is 19.4 Å². The number of rotatable bonds is 5. The minimum atomic E-state index is -3.54. The average molecular weight is 409 g/mol. The van der Waals surface area contributed by atoms with Gasteiger partial charge in [-0.1, -0.05) is 6.42 Å². The summed E-state index contributed by atoms with van der Waals surface area (Å²) in [5.41, 5.74) is 0.638. The summed E-state index contributed by atoms with van der Waals surface area (Å²) >= 11 is 0. The molecule has 1 N–H and O–H groups in total. The summed E-state index contributed by atoms with van der Waals surface area (Å²) in [7, 11) is -1.81. The van der Waals surface area contributed by atoms with Crippen molar-refractivity contribution in [2.45, 2.75) is 63.3 Å². The highest BCUT2D eigenvalue weighted by Gasteiger charge is 2.42. The van der Waals surface area contributed by atoms with Crippen molar-refractivity contribution in [3.05, 3.63) is 11.9 Å². The van der Waals surface area contributed by atoms with Crippen molar-refractivity contribution in [3.63, 3.8) is 0 Å². The quantitative estimate of drug-likeness (QED) is 0.808. The normalized spacial score (nSPS) is 29.9. The summed E-state index contributed by atoms with van der Waals surface area (Å²) < 4.78 is 28.9. The summed E-state index contributed by atoms with van der Waals surface area (Å²) in [6.07, 6.45) is 7.86. The molecule has 2 saturated carbocycles. The maximum Gasteiger partial charge on any atom is 0.246 e. The van der Waals surface area contributed by atoms with E-state index < -0.39 is 10.0 Å². The van der Waals surface area contributed by atoms with E-state index in [-0.39, 0.29) is 22.8 Å². The monoisotopic (exact) mass is 408 g/mol. The number of sulfonamides is 1. The van der Waals surface area contributed by atoms with Crippen molar-refractivity contribution in [2.24, 2.45) is 30.7 Å². The number of piperidine rings is 1. The van der Waals surface area contributed by atoms with E-state index in [4.69, 9.17) is 0 Å². The van der Waals surface area contributed by atoms with Gasteiger partial charge < -0.3 is 5.32 Å². The molecule has 156 valence electrons. The fraction of sp³-hybridized carbons (Fsp3) is 0.800. The van der Waals surface area contributed by atoms with Crippen LogP contribution < -0.4 is 5.32 Å². The molecule has 1 aromatic rings. The molecule has 3 fully saturated rings. The van der Waals surface area contributed by atoms with Gasteiger partial charge in [-0.2, -0.15) is 9.40 Å². The van der Waals surface area contributed by atoms with Crippen LogP contribution in [0.4, 0.5) is 0 Å². The van der Waals surface area contributed by atoms with Crippen LogP contribution in [0.2, 0.25) is 0 Å². The van der Waals surface area contributed by atoms with Crippen LogP contribution in [-0.4, -0.2) is 47.5 Å². The number of amides is 1. The molecule has 1 aromatic heterocycles. The van der Waals surface area contributed by atoms with Crippen molar-refractivity contribution in [1.29, 1.82) is 0 Å². The number of carbonyl (C=O) groups excluding carboxylic acids is 1. The first-order valence-electron chi connectivity index (χ1n) is 10.6. The Morgan fingerprint density at radius 1 is 1.21 bits per heavy atom. The summed E-state index contributed by atoms with van der Waals surface area (Å²) in [4.78, 5) is 13.0. The maximum atomic E-state index is 12.9. The van der Waals surface area contributed by atoms with E-state index in [1.54, 1.807) is 18.7 Å². The van der Waals surface area contributed by atoms with Gasteiger partial charge in [0, 0.05) is 32.1 Å².